The zero-order valence-electron chi connectivity index (χ0n) is 9.38. The summed E-state index contributed by atoms with van der Waals surface area (Å²) in [6.07, 6.45) is 0. The molecular formula is C13H11BrN2O2. The Morgan fingerprint density at radius 2 is 1.67 bits per heavy atom. The fraction of sp³-hybridized carbons (Fsp3) is 0. The van der Waals surface area contributed by atoms with Gasteiger partial charge >= 0.3 is 0 Å². The molecule has 0 bridgehead atoms. The van der Waals surface area contributed by atoms with Crippen LogP contribution in [-0.4, -0.2) is 11.0 Å². The third-order valence-electron chi connectivity index (χ3n) is 2.33. The summed E-state index contributed by atoms with van der Waals surface area (Å²) in [6, 6.07) is 14.6. The summed E-state index contributed by atoms with van der Waals surface area (Å²) in [5.74, 6) is 1.20. The molecule has 0 aliphatic heterocycles. The number of amidine groups is 1. The normalized spacial score (nSPS) is 11.3. The molecule has 4 nitrogen and oxygen atoms in total. The standard InChI is InChI=1S/C13H11BrN2O2/c14-10-6-2-4-8-12(10)18-11-7-3-1-5-9(11)13(15)16-17/h1-8,17H,(H2,15,16). The molecule has 2 rings (SSSR count). The monoisotopic (exact) mass is 306 g/mol. The first kappa shape index (κ1) is 12.4. The molecule has 18 heavy (non-hydrogen) atoms. The molecule has 3 N–H and O–H groups in total. The van der Waals surface area contributed by atoms with Crippen molar-refractivity contribution in [2.75, 3.05) is 0 Å². The molecule has 0 radical (unpaired) electrons. The van der Waals surface area contributed by atoms with Crippen molar-refractivity contribution in [1.82, 2.24) is 0 Å². The number of nitrogens with zero attached hydrogens (tertiary/aromatic N) is 1. The van der Waals surface area contributed by atoms with Gasteiger partial charge in [-0.25, -0.2) is 0 Å². The Morgan fingerprint density at radius 3 is 2.33 bits per heavy atom. The largest absolute Gasteiger partial charge is 0.455 e. The third-order valence-corrected chi connectivity index (χ3v) is 2.98. The highest BCUT2D eigenvalue weighted by molar-refractivity contribution is 9.10. The Bertz CT molecular complexity index is 585. The number of rotatable bonds is 3. The summed E-state index contributed by atoms with van der Waals surface area (Å²) in [5, 5.41) is 11.7. The van der Waals surface area contributed by atoms with E-state index in [4.69, 9.17) is 15.7 Å². The van der Waals surface area contributed by atoms with Crippen LogP contribution in [0.4, 0.5) is 0 Å². The predicted octanol–water partition coefficient (Wildman–Crippen LogP) is 3.34. The van der Waals surface area contributed by atoms with Crippen molar-refractivity contribution in [1.29, 1.82) is 0 Å². The maximum absolute atomic E-state index is 8.73. The average Bonchev–Trinajstić information content (AvgIpc) is 2.41. The van der Waals surface area contributed by atoms with Crippen LogP contribution in [0.3, 0.4) is 0 Å². The second-order valence-electron chi connectivity index (χ2n) is 3.51. The van der Waals surface area contributed by atoms with Crippen molar-refractivity contribution in [3.05, 3.63) is 58.6 Å². The zero-order valence-corrected chi connectivity index (χ0v) is 11.0. The Hall–Kier alpha value is -2.01. The van der Waals surface area contributed by atoms with E-state index in [0.29, 0.717) is 17.1 Å². The molecule has 0 amide bonds. The van der Waals surface area contributed by atoms with Crippen molar-refractivity contribution in [2.24, 2.45) is 10.9 Å². The lowest BCUT2D eigenvalue weighted by atomic mass is 10.2. The van der Waals surface area contributed by atoms with Crippen LogP contribution in [0.15, 0.2) is 58.2 Å². The van der Waals surface area contributed by atoms with Crippen LogP contribution in [0, 0.1) is 0 Å². The van der Waals surface area contributed by atoms with Gasteiger partial charge in [0.1, 0.15) is 11.5 Å². The molecule has 5 heteroatoms. The van der Waals surface area contributed by atoms with Gasteiger partial charge in [-0.05, 0) is 40.2 Å². The summed E-state index contributed by atoms with van der Waals surface area (Å²) in [4.78, 5) is 0. The van der Waals surface area contributed by atoms with Crippen molar-refractivity contribution in [3.63, 3.8) is 0 Å². The third kappa shape index (κ3) is 2.62. The highest BCUT2D eigenvalue weighted by atomic mass is 79.9. The van der Waals surface area contributed by atoms with E-state index in [1.54, 1.807) is 18.2 Å². The maximum atomic E-state index is 8.73. The number of nitrogens with two attached hydrogens (primary N) is 1. The van der Waals surface area contributed by atoms with Crippen molar-refractivity contribution in [2.45, 2.75) is 0 Å². The molecule has 0 aliphatic carbocycles. The quantitative estimate of drug-likeness (QED) is 0.395. The van der Waals surface area contributed by atoms with Crippen LogP contribution in [-0.2, 0) is 0 Å². The van der Waals surface area contributed by atoms with E-state index in [9.17, 15) is 0 Å². The van der Waals surface area contributed by atoms with Gasteiger partial charge in [0.15, 0.2) is 5.84 Å². The van der Waals surface area contributed by atoms with Crippen molar-refractivity contribution < 1.29 is 9.94 Å². The van der Waals surface area contributed by atoms with E-state index in [-0.39, 0.29) is 5.84 Å². The molecule has 0 saturated carbocycles. The minimum Gasteiger partial charge on any atom is -0.455 e. The number of ether oxygens (including phenoxy) is 1. The Labute approximate surface area is 113 Å². The average molecular weight is 307 g/mol. The lowest BCUT2D eigenvalue weighted by Crippen LogP contribution is -2.14. The highest BCUT2D eigenvalue weighted by Gasteiger charge is 2.09. The zero-order chi connectivity index (χ0) is 13.0. The van der Waals surface area contributed by atoms with Crippen LogP contribution < -0.4 is 10.5 Å². The summed E-state index contributed by atoms with van der Waals surface area (Å²) < 4.78 is 6.58. The van der Waals surface area contributed by atoms with E-state index < -0.39 is 0 Å². The first-order valence-corrected chi connectivity index (χ1v) is 6.01. The van der Waals surface area contributed by atoms with Crippen LogP contribution in [0.1, 0.15) is 5.56 Å². The van der Waals surface area contributed by atoms with Gasteiger partial charge in [-0.2, -0.15) is 0 Å². The topological polar surface area (TPSA) is 67.8 Å². The van der Waals surface area contributed by atoms with Gasteiger partial charge < -0.3 is 15.7 Å². The molecule has 0 aliphatic rings. The molecular weight excluding hydrogens is 296 g/mol. The summed E-state index contributed by atoms with van der Waals surface area (Å²) in [5.41, 5.74) is 6.13. The molecule has 92 valence electrons. The minimum absolute atomic E-state index is 0.0117. The number of halogens is 1. The van der Waals surface area contributed by atoms with Crippen LogP contribution >= 0.6 is 15.9 Å². The molecule has 0 spiro atoms. The smallest absolute Gasteiger partial charge is 0.173 e. The lowest BCUT2D eigenvalue weighted by molar-refractivity contribution is 0.318. The number of hydrogen-bond acceptors (Lipinski definition) is 3. The minimum atomic E-state index is 0.0117. The number of oxime groups is 1. The van der Waals surface area contributed by atoms with Crippen molar-refractivity contribution >= 4 is 21.8 Å². The summed E-state index contributed by atoms with van der Waals surface area (Å²) in [6.45, 7) is 0. The van der Waals surface area contributed by atoms with E-state index in [1.807, 2.05) is 30.3 Å². The Morgan fingerprint density at radius 1 is 1.06 bits per heavy atom. The van der Waals surface area contributed by atoms with Gasteiger partial charge in [0.25, 0.3) is 0 Å². The molecule has 0 fully saturated rings. The van der Waals surface area contributed by atoms with Crippen LogP contribution in [0.5, 0.6) is 11.5 Å². The molecule has 2 aromatic rings. The lowest BCUT2D eigenvalue weighted by Gasteiger charge is -2.11. The Kier molecular flexibility index (Phi) is 3.84. The van der Waals surface area contributed by atoms with Gasteiger partial charge in [0, 0.05) is 0 Å². The van der Waals surface area contributed by atoms with E-state index >= 15 is 0 Å². The van der Waals surface area contributed by atoms with Crippen LogP contribution in [0.25, 0.3) is 0 Å². The Balaban J connectivity index is 2.38. The van der Waals surface area contributed by atoms with E-state index in [1.165, 1.54) is 0 Å². The van der Waals surface area contributed by atoms with Gasteiger partial charge in [0.05, 0.1) is 10.0 Å². The van der Waals surface area contributed by atoms with Crippen molar-refractivity contribution in [3.8, 4) is 11.5 Å². The maximum Gasteiger partial charge on any atom is 0.173 e. The molecule has 0 unspecified atom stereocenters. The molecule has 0 aromatic heterocycles. The SMILES string of the molecule is N/C(=N\O)c1ccccc1Oc1ccccc1Br. The molecule has 0 heterocycles. The first-order chi connectivity index (χ1) is 8.72. The fourth-order valence-corrected chi connectivity index (χ4v) is 1.83. The van der Waals surface area contributed by atoms with Crippen LogP contribution in [0.2, 0.25) is 0 Å². The first-order valence-electron chi connectivity index (χ1n) is 5.21. The van der Waals surface area contributed by atoms with Gasteiger partial charge in [-0.3, -0.25) is 0 Å². The predicted molar refractivity (Wildman–Crippen MR) is 73.2 cm³/mol. The fourth-order valence-electron chi connectivity index (χ4n) is 1.47. The second kappa shape index (κ2) is 5.55. The number of hydrogen-bond donors (Lipinski definition) is 2. The summed E-state index contributed by atoms with van der Waals surface area (Å²) in [7, 11) is 0. The summed E-state index contributed by atoms with van der Waals surface area (Å²) >= 11 is 3.40. The van der Waals surface area contributed by atoms with Gasteiger partial charge in [0.2, 0.25) is 0 Å². The van der Waals surface area contributed by atoms with E-state index in [0.717, 1.165) is 4.47 Å². The highest BCUT2D eigenvalue weighted by Crippen LogP contribution is 2.30. The second-order valence-corrected chi connectivity index (χ2v) is 4.37. The molecule has 0 saturated heterocycles. The number of para-hydroxylation sites is 2. The van der Waals surface area contributed by atoms with Gasteiger partial charge in [-0.15, -0.1) is 0 Å². The van der Waals surface area contributed by atoms with E-state index in [2.05, 4.69) is 21.1 Å². The molecule has 2 aromatic carbocycles. The molecule has 0 atom stereocenters. The van der Waals surface area contributed by atoms with Gasteiger partial charge in [-0.1, -0.05) is 29.4 Å². The number of benzene rings is 2.